The summed E-state index contributed by atoms with van der Waals surface area (Å²) in [5.74, 6) is -0.823. The van der Waals surface area contributed by atoms with Gasteiger partial charge in [0.05, 0.1) is 5.56 Å². The van der Waals surface area contributed by atoms with Gasteiger partial charge >= 0.3 is 0 Å². The third-order valence-electron chi connectivity index (χ3n) is 5.78. The Bertz CT molecular complexity index is 1160. The first kappa shape index (κ1) is 21.4. The van der Waals surface area contributed by atoms with E-state index in [-0.39, 0.29) is 34.9 Å². The van der Waals surface area contributed by atoms with Gasteiger partial charge in [-0.1, -0.05) is 6.07 Å². The number of aromatic hydroxyl groups is 2. The fourth-order valence-electron chi connectivity index (χ4n) is 4.08. The number of aromatic nitrogens is 1. The van der Waals surface area contributed by atoms with Crippen LogP contribution in [0, 0.1) is 0 Å². The Hall–Kier alpha value is -3.87. The molecule has 164 valence electrons. The average Bonchev–Trinajstić information content (AvgIpc) is 2.78. The van der Waals surface area contributed by atoms with E-state index in [1.807, 2.05) is 25.1 Å². The summed E-state index contributed by atoms with van der Waals surface area (Å²) in [5, 5.41) is 19.7. The van der Waals surface area contributed by atoms with Crippen molar-refractivity contribution in [1.29, 1.82) is 0 Å². The van der Waals surface area contributed by atoms with Crippen molar-refractivity contribution in [3.63, 3.8) is 0 Å². The number of benzene rings is 2. The van der Waals surface area contributed by atoms with Crippen molar-refractivity contribution in [2.45, 2.75) is 32.4 Å². The number of amides is 2. The van der Waals surface area contributed by atoms with Gasteiger partial charge in [0.1, 0.15) is 11.5 Å². The lowest BCUT2D eigenvalue weighted by Gasteiger charge is -2.36. The summed E-state index contributed by atoms with van der Waals surface area (Å²) in [6, 6.07) is 13.0. The fourth-order valence-corrected chi connectivity index (χ4v) is 4.08. The molecule has 3 aromatic rings. The molecule has 1 unspecified atom stereocenters. The van der Waals surface area contributed by atoms with Gasteiger partial charge in [0.2, 0.25) is 0 Å². The monoisotopic (exact) mass is 431 g/mol. The molecule has 4 rings (SSSR count). The summed E-state index contributed by atoms with van der Waals surface area (Å²) in [6.07, 6.45) is 4.91. The number of pyridine rings is 1. The Kier molecular flexibility index (Phi) is 5.81. The predicted octanol–water partition coefficient (Wildman–Crippen LogP) is 3.75. The van der Waals surface area contributed by atoms with Crippen LogP contribution in [-0.2, 0) is 13.0 Å². The SMILES string of the molecule is CC1CCc2cc(C(=O)N(C)Cc3cccnc3)ccc2N1C(=O)c1ccc(O)cc1O. The van der Waals surface area contributed by atoms with Crippen LogP contribution in [-0.4, -0.2) is 45.0 Å². The lowest BCUT2D eigenvalue weighted by molar-refractivity contribution is 0.0784. The standard InChI is InChI=1S/C25H25N3O4/c1-16-5-6-18-12-19(24(31)27(2)15-17-4-3-11-26-14-17)7-10-22(18)28(16)25(32)21-9-8-20(29)13-23(21)30/h3-4,7-14,16,29-30H,5-6,15H2,1-2H3. The van der Waals surface area contributed by atoms with E-state index in [2.05, 4.69) is 4.98 Å². The number of phenolic OH excluding ortho intramolecular Hbond substituents is 2. The first-order valence-corrected chi connectivity index (χ1v) is 10.5. The minimum Gasteiger partial charge on any atom is -0.508 e. The highest BCUT2D eigenvalue weighted by Gasteiger charge is 2.31. The van der Waals surface area contributed by atoms with E-state index < -0.39 is 0 Å². The number of anilines is 1. The molecule has 0 saturated heterocycles. The second-order valence-electron chi connectivity index (χ2n) is 8.13. The summed E-state index contributed by atoms with van der Waals surface area (Å²) in [4.78, 5) is 33.6. The molecule has 0 bridgehead atoms. The molecule has 1 aliphatic rings. The molecule has 2 aromatic carbocycles. The van der Waals surface area contributed by atoms with Gasteiger partial charge in [0.25, 0.3) is 11.8 Å². The summed E-state index contributed by atoms with van der Waals surface area (Å²) >= 11 is 0. The van der Waals surface area contributed by atoms with Crippen LogP contribution in [0.25, 0.3) is 0 Å². The zero-order valence-corrected chi connectivity index (χ0v) is 18.0. The lowest BCUT2D eigenvalue weighted by atomic mass is 9.93. The van der Waals surface area contributed by atoms with E-state index in [9.17, 15) is 19.8 Å². The molecule has 0 saturated carbocycles. The number of hydrogen-bond acceptors (Lipinski definition) is 5. The van der Waals surface area contributed by atoms with Gasteiger partial charge in [-0.3, -0.25) is 14.6 Å². The van der Waals surface area contributed by atoms with Crippen LogP contribution in [0.4, 0.5) is 5.69 Å². The molecular formula is C25H25N3O4. The maximum atomic E-state index is 13.2. The molecule has 0 radical (unpaired) electrons. The van der Waals surface area contributed by atoms with Crippen molar-refractivity contribution in [2.75, 3.05) is 11.9 Å². The number of carbonyl (C=O) groups is 2. The molecule has 1 aromatic heterocycles. The second-order valence-corrected chi connectivity index (χ2v) is 8.13. The van der Waals surface area contributed by atoms with E-state index >= 15 is 0 Å². The summed E-state index contributed by atoms with van der Waals surface area (Å²) in [6.45, 7) is 2.41. The molecule has 0 spiro atoms. The number of hydrogen-bond donors (Lipinski definition) is 2. The van der Waals surface area contributed by atoms with Crippen molar-refractivity contribution in [1.82, 2.24) is 9.88 Å². The van der Waals surface area contributed by atoms with Crippen LogP contribution >= 0.6 is 0 Å². The van der Waals surface area contributed by atoms with Gasteiger partial charge in [-0.25, -0.2) is 0 Å². The Morgan fingerprint density at radius 2 is 1.97 bits per heavy atom. The number of phenols is 2. The average molecular weight is 431 g/mol. The lowest BCUT2D eigenvalue weighted by Crippen LogP contribution is -2.42. The quantitative estimate of drug-likeness (QED) is 0.656. The van der Waals surface area contributed by atoms with E-state index in [1.165, 1.54) is 12.1 Å². The van der Waals surface area contributed by atoms with Crippen molar-refractivity contribution >= 4 is 17.5 Å². The highest BCUT2D eigenvalue weighted by atomic mass is 16.3. The van der Waals surface area contributed by atoms with Gasteiger partial charge in [0.15, 0.2) is 0 Å². The van der Waals surface area contributed by atoms with Gasteiger partial charge in [-0.2, -0.15) is 0 Å². The summed E-state index contributed by atoms with van der Waals surface area (Å²) in [5.41, 5.74) is 3.27. The van der Waals surface area contributed by atoms with E-state index in [0.29, 0.717) is 12.1 Å². The van der Waals surface area contributed by atoms with Crippen molar-refractivity contribution in [3.05, 3.63) is 83.2 Å². The predicted molar refractivity (Wildman–Crippen MR) is 121 cm³/mol. The molecule has 7 heteroatoms. The van der Waals surface area contributed by atoms with E-state index in [4.69, 9.17) is 0 Å². The largest absolute Gasteiger partial charge is 0.508 e. The van der Waals surface area contributed by atoms with Gasteiger partial charge < -0.3 is 20.0 Å². The number of rotatable bonds is 4. The molecule has 7 nitrogen and oxygen atoms in total. The molecule has 2 heterocycles. The number of fused-ring (bicyclic) bond motifs is 1. The topological polar surface area (TPSA) is 94.0 Å². The molecule has 0 fully saturated rings. The van der Waals surface area contributed by atoms with Crippen LogP contribution in [0.1, 0.15) is 45.2 Å². The van der Waals surface area contributed by atoms with Crippen LogP contribution in [0.2, 0.25) is 0 Å². The van der Waals surface area contributed by atoms with Crippen LogP contribution in [0.15, 0.2) is 60.9 Å². The molecule has 1 aliphatic heterocycles. The van der Waals surface area contributed by atoms with E-state index in [0.717, 1.165) is 35.7 Å². The minimum atomic E-state index is -0.344. The third kappa shape index (κ3) is 4.14. The van der Waals surface area contributed by atoms with Gasteiger partial charge in [0, 0.05) is 49.3 Å². The minimum absolute atomic E-state index is 0.0713. The molecule has 0 aliphatic carbocycles. The highest BCUT2D eigenvalue weighted by molar-refractivity contribution is 6.09. The first-order valence-electron chi connectivity index (χ1n) is 10.5. The normalized spacial score (nSPS) is 15.2. The van der Waals surface area contributed by atoms with Crippen molar-refractivity contribution in [2.24, 2.45) is 0 Å². The maximum Gasteiger partial charge on any atom is 0.262 e. The highest BCUT2D eigenvalue weighted by Crippen LogP contribution is 2.35. The molecule has 2 amide bonds. The van der Waals surface area contributed by atoms with Gasteiger partial charge in [-0.05, 0) is 67.3 Å². The smallest absolute Gasteiger partial charge is 0.262 e. The molecule has 32 heavy (non-hydrogen) atoms. The van der Waals surface area contributed by atoms with Gasteiger partial charge in [-0.15, -0.1) is 0 Å². The number of carbonyl (C=O) groups excluding carboxylic acids is 2. The Morgan fingerprint density at radius 1 is 1.16 bits per heavy atom. The third-order valence-corrected chi connectivity index (χ3v) is 5.78. The zero-order valence-electron chi connectivity index (χ0n) is 18.0. The maximum absolute atomic E-state index is 13.2. The Morgan fingerprint density at radius 3 is 2.69 bits per heavy atom. The molecular weight excluding hydrogens is 406 g/mol. The fraction of sp³-hybridized carbons (Fsp3) is 0.240. The molecule has 2 N–H and O–H groups in total. The van der Waals surface area contributed by atoms with E-state index in [1.54, 1.807) is 41.4 Å². The van der Waals surface area contributed by atoms with Crippen LogP contribution < -0.4 is 4.90 Å². The Labute approximate surface area is 186 Å². The van der Waals surface area contributed by atoms with Crippen LogP contribution in [0.5, 0.6) is 11.5 Å². The Balaban J connectivity index is 1.60. The summed E-state index contributed by atoms with van der Waals surface area (Å²) < 4.78 is 0. The van der Waals surface area contributed by atoms with Crippen LogP contribution in [0.3, 0.4) is 0 Å². The number of nitrogens with zero attached hydrogens (tertiary/aromatic N) is 3. The van der Waals surface area contributed by atoms with Crippen molar-refractivity contribution in [3.8, 4) is 11.5 Å². The summed E-state index contributed by atoms with van der Waals surface area (Å²) in [7, 11) is 1.75. The van der Waals surface area contributed by atoms with Crippen molar-refractivity contribution < 1.29 is 19.8 Å². The first-order chi connectivity index (χ1) is 15.3. The second kappa shape index (κ2) is 8.70. The molecule has 1 atom stereocenters. The zero-order chi connectivity index (χ0) is 22.8. The number of aryl methyl sites for hydroxylation is 1.